The van der Waals surface area contributed by atoms with Gasteiger partial charge in [-0.25, -0.2) is 0 Å². The van der Waals surface area contributed by atoms with Gasteiger partial charge in [-0.2, -0.15) is 5.10 Å². The van der Waals surface area contributed by atoms with Gasteiger partial charge in [0.05, 0.1) is 27.8 Å². The van der Waals surface area contributed by atoms with Crippen molar-refractivity contribution in [1.29, 1.82) is 0 Å². The van der Waals surface area contributed by atoms with Gasteiger partial charge in [-0.1, -0.05) is 18.2 Å². The average molecular weight is 325 g/mol. The molecular formula is C15H11N5O4. The zero-order valence-corrected chi connectivity index (χ0v) is 12.2. The maximum absolute atomic E-state index is 11.0. The molecule has 0 radical (unpaired) electrons. The molecule has 2 aromatic carbocycles. The van der Waals surface area contributed by atoms with E-state index in [1.165, 1.54) is 18.3 Å². The van der Waals surface area contributed by atoms with Crippen molar-refractivity contribution in [2.45, 2.75) is 0 Å². The van der Waals surface area contributed by atoms with Crippen LogP contribution in [0.5, 0.6) is 0 Å². The molecule has 9 heteroatoms. The van der Waals surface area contributed by atoms with Crippen LogP contribution in [0.3, 0.4) is 0 Å². The Morgan fingerprint density at radius 3 is 2.54 bits per heavy atom. The van der Waals surface area contributed by atoms with E-state index in [4.69, 9.17) is 0 Å². The fourth-order valence-corrected chi connectivity index (χ4v) is 2.22. The molecule has 0 aliphatic rings. The molecule has 0 amide bonds. The van der Waals surface area contributed by atoms with Crippen molar-refractivity contribution in [2.75, 3.05) is 5.43 Å². The first-order valence-corrected chi connectivity index (χ1v) is 6.84. The predicted molar refractivity (Wildman–Crippen MR) is 89.3 cm³/mol. The van der Waals surface area contributed by atoms with Crippen molar-refractivity contribution in [3.05, 3.63) is 74.5 Å². The Balaban J connectivity index is 1.82. The van der Waals surface area contributed by atoms with Crippen LogP contribution in [-0.2, 0) is 0 Å². The number of nitro groups is 2. The van der Waals surface area contributed by atoms with Crippen molar-refractivity contribution in [3.8, 4) is 0 Å². The van der Waals surface area contributed by atoms with E-state index in [-0.39, 0.29) is 11.4 Å². The summed E-state index contributed by atoms with van der Waals surface area (Å²) in [6.07, 6.45) is 1.48. The summed E-state index contributed by atoms with van der Waals surface area (Å²) in [5.74, 6) is 0. The summed E-state index contributed by atoms with van der Waals surface area (Å²) in [6, 6.07) is 12.9. The number of non-ortho nitro benzene ring substituents is 1. The van der Waals surface area contributed by atoms with E-state index in [0.717, 1.165) is 17.0 Å². The number of nitrogens with one attached hydrogen (secondary N) is 2. The zero-order chi connectivity index (χ0) is 17.1. The number of hydrazone groups is 1. The number of H-pyrrole nitrogens is 1. The lowest BCUT2D eigenvalue weighted by Crippen LogP contribution is -1.98. The summed E-state index contributed by atoms with van der Waals surface area (Å²) in [5.41, 5.74) is 3.49. The molecule has 0 spiro atoms. The van der Waals surface area contributed by atoms with Gasteiger partial charge in [0, 0.05) is 17.0 Å². The van der Waals surface area contributed by atoms with Crippen LogP contribution < -0.4 is 5.43 Å². The minimum atomic E-state index is -0.701. The Hall–Kier alpha value is -3.75. The summed E-state index contributed by atoms with van der Waals surface area (Å²) in [7, 11) is 0. The van der Waals surface area contributed by atoms with E-state index >= 15 is 0 Å². The Morgan fingerprint density at radius 1 is 1.04 bits per heavy atom. The highest BCUT2D eigenvalue weighted by atomic mass is 16.6. The van der Waals surface area contributed by atoms with E-state index in [1.54, 1.807) is 0 Å². The maximum Gasteiger partial charge on any atom is 0.301 e. The van der Waals surface area contributed by atoms with Crippen LogP contribution in [0.1, 0.15) is 5.69 Å². The molecule has 0 saturated heterocycles. The van der Waals surface area contributed by atoms with E-state index in [0.29, 0.717) is 5.69 Å². The van der Waals surface area contributed by atoms with Crippen molar-refractivity contribution in [3.63, 3.8) is 0 Å². The number of nitrogens with zero attached hydrogens (tertiary/aromatic N) is 3. The van der Waals surface area contributed by atoms with Gasteiger partial charge in [-0.05, 0) is 18.2 Å². The molecule has 0 atom stereocenters. The highest BCUT2D eigenvalue weighted by molar-refractivity contribution is 5.89. The number of aromatic amines is 1. The standard InChI is InChI=1S/C15H11N5O4/c21-19(22)12-5-6-14(15(8-12)20(23)24)18-16-9-11-7-10-3-1-2-4-13(10)17-11/h1-9,17-18H/b16-9+. The number of hydrogen-bond acceptors (Lipinski definition) is 6. The van der Waals surface area contributed by atoms with Crippen LogP contribution in [-0.4, -0.2) is 21.0 Å². The van der Waals surface area contributed by atoms with Crippen molar-refractivity contribution < 1.29 is 9.85 Å². The lowest BCUT2D eigenvalue weighted by molar-refractivity contribution is -0.393. The average Bonchev–Trinajstić information content (AvgIpc) is 2.97. The molecule has 3 aromatic rings. The van der Waals surface area contributed by atoms with Gasteiger partial charge in [-0.3, -0.25) is 25.7 Å². The summed E-state index contributed by atoms with van der Waals surface area (Å²) < 4.78 is 0. The van der Waals surface area contributed by atoms with E-state index < -0.39 is 15.5 Å². The Kier molecular flexibility index (Phi) is 3.89. The van der Waals surface area contributed by atoms with E-state index in [2.05, 4.69) is 15.5 Å². The SMILES string of the molecule is O=[N+]([O-])c1ccc(N/N=C/c2cc3ccccc3[nH]2)c([N+](=O)[O-])c1. The second kappa shape index (κ2) is 6.16. The van der Waals surface area contributed by atoms with Gasteiger partial charge in [-0.15, -0.1) is 0 Å². The molecule has 0 bridgehead atoms. The second-order valence-electron chi connectivity index (χ2n) is 4.90. The van der Waals surface area contributed by atoms with Gasteiger partial charge in [0.25, 0.3) is 5.69 Å². The van der Waals surface area contributed by atoms with Gasteiger partial charge in [0.1, 0.15) is 5.69 Å². The fourth-order valence-electron chi connectivity index (χ4n) is 2.22. The number of hydrogen-bond donors (Lipinski definition) is 2. The number of rotatable bonds is 5. The first-order valence-electron chi connectivity index (χ1n) is 6.84. The van der Waals surface area contributed by atoms with E-state index in [9.17, 15) is 20.2 Å². The minimum absolute atomic E-state index is 0.0676. The summed E-state index contributed by atoms with van der Waals surface area (Å²) >= 11 is 0. The van der Waals surface area contributed by atoms with Crippen LogP contribution in [0.15, 0.2) is 53.6 Å². The molecule has 9 nitrogen and oxygen atoms in total. The molecule has 0 saturated carbocycles. The number of nitro benzene ring substituents is 2. The molecule has 120 valence electrons. The maximum atomic E-state index is 11.0. The minimum Gasteiger partial charge on any atom is -0.354 e. The smallest absolute Gasteiger partial charge is 0.301 e. The van der Waals surface area contributed by atoms with Gasteiger partial charge < -0.3 is 4.98 Å². The third-order valence-corrected chi connectivity index (χ3v) is 3.33. The Bertz CT molecular complexity index is 930. The molecular weight excluding hydrogens is 314 g/mol. The second-order valence-corrected chi connectivity index (χ2v) is 4.90. The zero-order valence-electron chi connectivity index (χ0n) is 12.2. The molecule has 0 aliphatic heterocycles. The lowest BCUT2D eigenvalue weighted by atomic mass is 10.2. The summed E-state index contributed by atoms with van der Waals surface area (Å²) in [6.45, 7) is 0. The number of para-hydroxylation sites is 1. The Morgan fingerprint density at radius 2 is 1.83 bits per heavy atom. The quantitative estimate of drug-likeness (QED) is 0.422. The molecule has 0 aliphatic carbocycles. The molecule has 1 heterocycles. The van der Waals surface area contributed by atoms with E-state index in [1.807, 2.05) is 30.3 Å². The van der Waals surface area contributed by atoms with Crippen LogP contribution in [0, 0.1) is 20.2 Å². The van der Waals surface area contributed by atoms with Gasteiger partial charge in [0.15, 0.2) is 0 Å². The predicted octanol–water partition coefficient (Wildman–Crippen LogP) is 3.43. The number of aromatic nitrogens is 1. The van der Waals surface area contributed by atoms with Crippen LogP contribution >= 0.6 is 0 Å². The number of anilines is 1. The van der Waals surface area contributed by atoms with Gasteiger partial charge in [0.2, 0.25) is 0 Å². The molecule has 24 heavy (non-hydrogen) atoms. The molecule has 3 rings (SSSR count). The van der Waals surface area contributed by atoms with Crippen LogP contribution in [0.2, 0.25) is 0 Å². The third-order valence-electron chi connectivity index (χ3n) is 3.33. The third kappa shape index (κ3) is 3.04. The van der Waals surface area contributed by atoms with Crippen LogP contribution in [0.4, 0.5) is 17.1 Å². The summed E-state index contributed by atoms with van der Waals surface area (Å²) in [5, 5.41) is 26.7. The van der Waals surface area contributed by atoms with Crippen molar-refractivity contribution >= 4 is 34.2 Å². The molecule has 0 unspecified atom stereocenters. The monoisotopic (exact) mass is 325 g/mol. The number of fused-ring (bicyclic) bond motifs is 1. The fraction of sp³-hybridized carbons (Fsp3) is 0. The first kappa shape index (κ1) is 15.2. The molecule has 2 N–H and O–H groups in total. The Labute approximate surface area is 134 Å². The van der Waals surface area contributed by atoms with Crippen LogP contribution in [0.25, 0.3) is 10.9 Å². The lowest BCUT2D eigenvalue weighted by Gasteiger charge is -2.01. The molecule has 0 fully saturated rings. The normalized spacial score (nSPS) is 11.0. The highest BCUT2D eigenvalue weighted by Gasteiger charge is 2.19. The molecule has 1 aromatic heterocycles. The number of benzene rings is 2. The first-order chi connectivity index (χ1) is 11.5. The topological polar surface area (TPSA) is 126 Å². The summed E-state index contributed by atoms with van der Waals surface area (Å²) in [4.78, 5) is 23.5. The highest BCUT2D eigenvalue weighted by Crippen LogP contribution is 2.28. The van der Waals surface area contributed by atoms with Crippen molar-refractivity contribution in [2.24, 2.45) is 5.10 Å². The van der Waals surface area contributed by atoms with Gasteiger partial charge >= 0.3 is 5.69 Å². The van der Waals surface area contributed by atoms with Crippen molar-refractivity contribution in [1.82, 2.24) is 4.98 Å². The largest absolute Gasteiger partial charge is 0.354 e.